The normalized spacial score (nSPS) is 16.4. The summed E-state index contributed by atoms with van der Waals surface area (Å²) in [6, 6.07) is 1.73. The highest BCUT2D eigenvalue weighted by Gasteiger charge is 2.48. The Morgan fingerprint density at radius 1 is 1.35 bits per heavy atom. The molecular formula is C15H19ClO4. The molecule has 0 aliphatic heterocycles. The van der Waals surface area contributed by atoms with Crippen LogP contribution in [0.25, 0.3) is 0 Å². The van der Waals surface area contributed by atoms with E-state index in [0.717, 1.165) is 17.5 Å². The molecule has 2 rings (SSSR count). The highest BCUT2D eigenvalue weighted by Crippen LogP contribution is 2.50. The molecule has 4 nitrogen and oxygen atoms in total. The Kier molecular flexibility index (Phi) is 4.14. The van der Waals surface area contributed by atoms with Gasteiger partial charge in [0, 0.05) is 5.56 Å². The molecule has 1 aliphatic carbocycles. The van der Waals surface area contributed by atoms with Crippen molar-refractivity contribution in [3.8, 4) is 11.5 Å². The number of carboxylic acid groups (broad SMARTS) is 1. The summed E-state index contributed by atoms with van der Waals surface area (Å²) in [4.78, 5) is 11.7. The van der Waals surface area contributed by atoms with E-state index in [2.05, 4.69) is 0 Å². The van der Waals surface area contributed by atoms with Crippen molar-refractivity contribution >= 4 is 17.6 Å². The van der Waals surface area contributed by atoms with Crippen LogP contribution in [0.1, 0.15) is 37.3 Å². The van der Waals surface area contributed by atoms with E-state index in [-0.39, 0.29) is 0 Å². The smallest absolute Gasteiger partial charge is 0.314 e. The van der Waals surface area contributed by atoms with Gasteiger partial charge in [0.1, 0.15) is 0 Å². The lowest BCUT2D eigenvalue weighted by Crippen LogP contribution is -2.43. The standard InChI is InChI=1S/C15H19ClO4/c1-4-9-10(15(14(17)18)6-5-7-15)8-11(16)13(20-3)12(9)19-2/h8H,4-7H2,1-3H3,(H,17,18). The van der Waals surface area contributed by atoms with Crippen molar-refractivity contribution < 1.29 is 19.4 Å². The maximum Gasteiger partial charge on any atom is 0.314 e. The molecule has 1 saturated carbocycles. The maximum absolute atomic E-state index is 11.7. The van der Waals surface area contributed by atoms with Crippen LogP contribution >= 0.6 is 11.6 Å². The fraction of sp³-hybridized carbons (Fsp3) is 0.533. The molecule has 0 atom stereocenters. The quantitative estimate of drug-likeness (QED) is 0.905. The van der Waals surface area contributed by atoms with Crippen LogP contribution in [0.5, 0.6) is 11.5 Å². The summed E-state index contributed by atoms with van der Waals surface area (Å²) in [5.41, 5.74) is 0.811. The van der Waals surface area contributed by atoms with Crippen LogP contribution in [0, 0.1) is 0 Å². The van der Waals surface area contributed by atoms with Gasteiger partial charge in [-0.05, 0) is 30.9 Å². The topological polar surface area (TPSA) is 55.8 Å². The first-order valence-corrected chi connectivity index (χ1v) is 7.06. The molecule has 1 N–H and O–H groups in total. The Labute approximate surface area is 123 Å². The van der Waals surface area contributed by atoms with Crippen molar-refractivity contribution in [1.29, 1.82) is 0 Å². The van der Waals surface area contributed by atoms with Gasteiger partial charge in [-0.3, -0.25) is 4.79 Å². The van der Waals surface area contributed by atoms with Crippen LogP contribution in [0.2, 0.25) is 5.02 Å². The van der Waals surface area contributed by atoms with E-state index >= 15 is 0 Å². The number of rotatable bonds is 5. The number of carbonyl (C=O) groups is 1. The Hall–Kier alpha value is -1.42. The zero-order chi connectivity index (χ0) is 14.9. The number of hydrogen-bond donors (Lipinski definition) is 1. The predicted octanol–water partition coefficient (Wildman–Crippen LogP) is 3.43. The second-order valence-corrected chi connectivity index (χ2v) is 5.45. The summed E-state index contributed by atoms with van der Waals surface area (Å²) in [5.74, 6) is 0.224. The third-order valence-corrected chi connectivity index (χ3v) is 4.47. The van der Waals surface area contributed by atoms with Crippen LogP contribution in [0.3, 0.4) is 0 Å². The molecule has 0 radical (unpaired) electrons. The summed E-state index contributed by atoms with van der Waals surface area (Å²) >= 11 is 6.24. The monoisotopic (exact) mass is 298 g/mol. The fourth-order valence-corrected chi connectivity index (χ4v) is 3.23. The lowest BCUT2D eigenvalue weighted by molar-refractivity contribution is -0.147. The first-order valence-electron chi connectivity index (χ1n) is 6.69. The van der Waals surface area contributed by atoms with Gasteiger partial charge in [-0.25, -0.2) is 0 Å². The van der Waals surface area contributed by atoms with Gasteiger partial charge in [0.05, 0.1) is 24.7 Å². The van der Waals surface area contributed by atoms with Crippen molar-refractivity contribution in [2.24, 2.45) is 0 Å². The largest absolute Gasteiger partial charge is 0.493 e. The molecule has 110 valence electrons. The van der Waals surface area contributed by atoms with Crippen molar-refractivity contribution in [3.63, 3.8) is 0 Å². The number of benzene rings is 1. The maximum atomic E-state index is 11.7. The molecule has 20 heavy (non-hydrogen) atoms. The Bertz CT molecular complexity index is 535. The molecule has 0 bridgehead atoms. The minimum absolute atomic E-state index is 0.393. The van der Waals surface area contributed by atoms with E-state index < -0.39 is 11.4 Å². The second kappa shape index (κ2) is 5.52. The van der Waals surface area contributed by atoms with E-state index in [1.807, 2.05) is 6.92 Å². The summed E-state index contributed by atoms with van der Waals surface area (Å²) in [6.45, 7) is 1.98. The molecule has 1 aliphatic rings. The zero-order valence-corrected chi connectivity index (χ0v) is 12.7. The van der Waals surface area contributed by atoms with E-state index in [9.17, 15) is 9.90 Å². The summed E-state index contributed by atoms with van der Waals surface area (Å²) in [5, 5.41) is 10.0. The summed E-state index contributed by atoms with van der Waals surface area (Å²) in [7, 11) is 3.07. The van der Waals surface area contributed by atoms with Crippen molar-refractivity contribution in [3.05, 3.63) is 22.2 Å². The molecule has 0 saturated heterocycles. The van der Waals surface area contributed by atoms with Gasteiger partial charge in [-0.2, -0.15) is 0 Å². The number of hydrogen-bond acceptors (Lipinski definition) is 3. The minimum atomic E-state index is -0.825. The minimum Gasteiger partial charge on any atom is -0.493 e. The molecule has 0 amide bonds. The zero-order valence-electron chi connectivity index (χ0n) is 12.0. The molecule has 0 heterocycles. The SMILES string of the molecule is CCc1c(C2(C(=O)O)CCC2)cc(Cl)c(OC)c1OC. The molecular weight excluding hydrogens is 280 g/mol. The van der Waals surface area contributed by atoms with Crippen LogP contribution in [0.15, 0.2) is 6.07 Å². The molecule has 5 heteroatoms. The first kappa shape index (κ1) is 15.0. The van der Waals surface area contributed by atoms with Gasteiger partial charge >= 0.3 is 5.97 Å². The molecule has 1 aromatic rings. The number of ether oxygens (including phenoxy) is 2. The lowest BCUT2D eigenvalue weighted by Gasteiger charge is -2.40. The average Bonchev–Trinajstić information content (AvgIpc) is 2.36. The molecule has 1 aromatic carbocycles. The van der Waals surface area contributed by atoms with Crippen LogP contribution in [-0.2, 0) is 16.6 Å². The third kappa shape index (κ3) is 2.03. The molecule has 1 fully saturated rings. The van der Waals surface area contributed by atoms with Crippen LogP contribution in [0.4, 0.5) is 0 Å². The third-order valence-electron chi connectivity index (χ3n) is 4.19. The van der Waals surface area contributed by atoms with Gasteiger partial charge in [-0.15, -0.1) is 0 Å². The number of methoxy groups -OCH3 is 2. The van der Waals surface area contributed by atoms with Crippen molar-refractivity contribution in [2.45, 2.75) is 38.0 Å². The van der Waals surface area contributed by atoms with Crippen LogP contribution < -0.4 is 9.47 Å². The summed E-state index contributed by atoms with van der Waals surface area (Å²) < 4.78 is 10.7. The lowest BCUT2D eigenvalue weighted by atomic mass is 9.63. The van der Waals surface area contributed by atoms with Gasteiger partial charge in [0.25, 0.3) is 0 Å². The second-order valence-electron chi connectivity index (χ2n) is 5.05. The highest BCUT2D eigenvalue weighted by molar-refractivity contribution is 6.32. The van der Waals surface area contributed by atoms with E-state index in [1.165, 1.54) is 7.11 Å². The number of carboxylic acids is 1. The molecule has 0 aromatic heterocycles. The van der Waals surface area contributed by atoms with Gasteiger partial charge in [-0.1, -0.05) is 24.9 Å². The fourth-order valence-electron chi connectivity index (χ4n) is 2.96. The average molecular weight is 299 g/mol. The van der Waals surface area contributed by atoms with Gasteiger partial charge < -0.3 is 14.6 Å². The van der Waals surface area contributed by atoms with E-state index in [4.69, 9.17) is 21.1 Å². The van der Waals surface area contributed by atoms with Crippen LogP contribution in [-0.4, -0.2) is 25.3 Å². The van der Waals surface area contributed by atoms with Crippen molar-refractivity contribution in [2.75, 3.05) is 14.2 Å². The highest BCUT2D eigenvalue weighted by atomic mass is 35.5. The molecule has 0 unspecified atom stereocenters. The Morgan fingerprint density at radius 2 is 1.95 bits per heavy atom. The number of aliphatic carboxylic acids is 1. The Balaban J connectivity index is 2.70. The van der Waals surface area contributed by atoms with E-state index in [1.54, 1.807) is 13.2 Å². The van der Waals surface area contributed by atoms with Gasteiger partial charge in [0.2, 0.25) is 0 Å². The predicted molar refractivity (Wildman–Crippen MR) is 77.1 cm³/mol. The number of halogens is 1. The van der Waals surface area contributed by atoms with E-state index in [0.29, 0.717) is 35.8 Å². The first-order chi connectivity index (χ1) is 9.51. The van der Waals surface area contributed by atoms with Gasteiger partial charge in [0.15, 0.2) is 11.5 Å². The van der Waals surface area contributed by atoms with Crippen molar-refractivity contribution in [1.82, 2.24) is 0 Å². The Morgan fingerprint density at radius 3 is 2.30 bits per heavy atom. The molecule has 0 spiro atoms. The summed E-state index contributed by atoms with van der Waals surface area (Å²) in [6.07, 6.45) is 2.87.